The SMILES string of the molecule is CC(F)(F)c1cccn(C(CN)COC2CCC(c3ccccc3)CC2)c1=O. The molecule has 4 nitrogen and oxygen atoms in total. The van der Waals surface area contributed by atoms with Gasteiger partial charge in [-0.3, -0.25) is 4.79 Å². The van der Waals surface area contributed by atoms with E-state index in [4.69, 9.17) is 10.5 Å². The van der Waals surface area contributed by atoms with Gasteiger partial charge in [0.05, 0.1) is 24.3 Å². The number of nitrogens with two attached hydrogens (primary N) is 1. The second-order valence-electron chi connectivity index (χ2n) is 7.63. The monoisotopic (exact) mass is 390 g/mol. The summed E-state index contributed by atoms with van der Waals surface area (Å²) in [7, 11) is 0. The first-order valence-electron chi connectivity index (χ1n) is 9.86. The zero-order chi connectivity index (χ0) is 20.1. The van der Waals surface area contributed by atoms with Gasteiger partial charge in [-0.05, 0) is 49.3 Å². The Balaban J connectivity index is 1.59. The van der Waals surface area contributed by atoms with Gasteiger partial charge in [-0.2, -0.15) is 0 Å². The molecule has 0 aliphatic heterocycles. The molecule has 1 aromatic carbocycles. The first-order chi connectivity index (χ1) is 13.4. The van der Waals surface area contributed by atoms with Gasteiger partial charge in [0.2, 0.25) is 0 Å². The lowest BCUT2D eigenvalue weighted by atomic mass is 9.83. The fourth-order valence-corrected chi connectivity index (χ4v) is 3.93. The van der Waals surface area contributed by atoms with Crippen LogP contribution < -0.4 is 11.3 Å². The highest BCUT2D eigenvalue weighted by molar-refractivity contribution is 5.20. The molecule has 1 saturated carbocycles. The number of nitrogens with zero attached hydrogens (tertiary/aromatic N) is 1. The average molecular weight is 390 g/mol. The summed E-state index contributed by atoms with van der Waals surface area (Å²) in [6, 6.07) is 12.7. The van der Waals surface area contributed by atoms with Gasteiger partial charge in [-0.25, -0.2) is 8.78 Å². The van der Waals surface area contributed by atoms with E-state index in [9.17, 15) is 13.6 Å². The van der Waals surface area contributed by atoms with E-state index in [1.54, 1.807) is 0 Å². The molecule has 0 radical (unpaired) electrons. The predicted octanol–water partition coefficient (Wildman–Crippen LogP) is 4.20. The summed E-state index contributed by atoms with van der Waals surface area (Å²) in [5.74, 6) is -2.63. The van der Waals surface area contributed by atoms with E-state index in [1.165, 1.54) is 22.4 Å². The summed E-state index contributed by atoms with van der Waals surface area (Å²) in [5.41, 5.74) is 5.96. The first-order valence-corrected chi connectivity index (χ1v) is 9.86. The Morgan fingerprint density at radius 1 is 1.14 bits per heavy atom. The summed E-state index contributed by atoms with van der Waals surface area (Å²) in [4.78, 5) is 12.4. The van der Waals surface area contributed by atoms with Crippen LogP contribution in [0.2, 0.25) is 0 Å². The Morgan fingerprint density at radius 3 is 2.43 bits per heavy atom. The topological polar surface area (TPSA) is 57.2 Å². The quantitative estimate of drug-likeness (QED) is 0.771. The van der Waals surface area contributed by atoms with E-state index in [1.807, 2.05) is 6.07 Å². The van der Waals surface area contributed by atoms with Crippen LogP contribution in [0.25, 0.3) is 0 Å². The van der Waals surface area contributed by atoms with Crippen molar-refractivity contribution < 1.29 is 13.5 Å². The lowest BCUT2D eigenvalue weighted by Crippen LogP contribution is -2.37. The van der Waals surface area contributed by atoms with Gasteiger partial charge < -0.3 is 15.0 Å². The molecule has 2 N–H and O–H groups in total. The van der Waals surface area contributed by atoms with Gasteiger partial charge in [0.15, 0.2) is 0 Å². The number of ether oxygens (including phenoxy) is 1. The van der Waals surface area contributed by atoms with Crippen LogP contribution in [-0.2, 0) is 10.7 Å². The number of pyridine rings is 1. The Labute approximate surface area is 164 Å². The van der Waals surface area contributed by atoms with E-state index in [2.05, 4.69) is 24.3 Å². The van der Waals surface area contributed by atoms with Crippen molar-refractivity contribution in [2.75, 3.05) is 13.2 Å². The van der Waals surface area contributed by atoms with Crippen molar-refractivity contribution in [3.63, 3.8) is 0 Å². The number of benzene rings is 1. The Bertz CT molecular complexity index is 809. The Morgan fingerprint density at radius 2 is 1.82 bits per heavy atom. The molecular formula is C22H28F2N2O2. The molecule has 1 atom stereocenters. The minimum absolute atomic E-state index is 0.112. The summed E-state index contributed by atoms with van der Waals surface area (Å²) in [6.45, 7) is 1.13. The second-order valence-corrected chi connectivity index (χ2v) is 7.63. The standard InChI is InChI=1S/C22H28F2N2O2/c1-22(23,24)20-8-5-13-26(21(20)27)18(14-25)15-28-19-11-9-17(10-12-19)16-6-3-2-4-7-16/h2-8,13,17-19H,9-12,14-15,25H2,1H3. The molecule has 3 rings (SSSR count). The summed E-state index contributed by atoms with van der Waals surface area (Å²) < 4.78 is 34.6. The highest BCUT2D eigenvalue weighted by Gasteiger charge is 2.30. The molecule has 1 aliphatic carbocycles. The third kappa shape index (κ3) is 4.86. The van der Waals surface area contributed by atoms with Crippen molar-refractivity contribution in [1.29, 1.82) is 0 Å². The van der Waals surface area contributed by atoms with Crippen LogP contribution in [0, 0.1) is 0 Å². The number of halogens is 2. The highest BCUT2D eigenvalue weighted by Crippen LogP contribution is 2.34. The third-order valence-corrected chi connectivity index (χ3v) is 5.58. The molecule has 1 aromatic heterocycles. The van der Waals surface area contributed by atoms with Crippen molar-refractivity contribution in [2.45, 2.75) is 56.6 Å². The molecule has 1 unspecified atom stereocenters. The van der Waals surface area contributed by atoms with Crippen molar-refractivity contribution in [1.82, 2.24) is 4.57 Å². The third-order valence-electron chi connectivity index (χ3n) is 5.58. The lowest BCUT2D eigenvalue weighted by molar-refractivity contribution is 0.00483. The van der Waals surface area contributed by atoms with Crippen LogP contribution in [0.15, 0.2) is 53.5 Å². The minimum Gasteiger partial charge on any atom is -0.376 e. The first kappa shape index (κ1) is 20.7. The van der Waals surface area contributed by atoms with Gasteiger partial charge in [0, 0.05) is 19.7 Å². The van der Waals surface area contributed by atoms with Crippen LogP contribution in [0.3, 0.4) is 0 Å². The fourth-order valence-electron chi connectivity index (χ4n) is 3.93. The van der Waals surface area contributed by atoms with Crippen LogP contribution >= 0.6 is 0 Å². The van der Waals surface area contributed by atoms with E-state index in [0.29, 0.717) is 5.92 Å². The molecular weight excluding hydrogens is 362 g/mol. The molecule has 0 bridgehead atoms. The van der Waals surface area contributed by atoms with Crippen molar-refractivity contribution in [2.24, 2.45) is 5.73 Å². The van der Waals surface area contributed by atoms with Crippen molar-refractivity contribution in [3.05, 3.63) is 70.1 Å². The smallest absolute Gasteiger partial charge is 0.275 e. The number of alkyl halides is 2. The molecule has 0 amide bonds. The highest BCUT2D eigenvalue weighted by atomic mass is 19.3. The summed E-state index contributed by atoms with van der Waals surface area (Å²) in [5, 5.41) is 0. The van der Waals surface area contributed by atoms with E-state index in [0.717, 1.165) is 38.7 Å². The molecule has 6 heteroatoms. The van der Waals surface area contributed by atoms with Crippen molar-refractivity contribution >= 4 is 0 Å². The Kier molecular flexibility index (Phi) is 6.62. The van der Waals surface area contributed by atoms with Gasteiger partial charge in [0.1, 0.15) is 0 Å². The summed E-state index contributed by atoms with van der Waals surface area (Å²) >= 11 is 0. The number of aromatic nitrogens is 1. The van der Waals surface area contributed by atoms with Gasteiger partial charge in [0.25, 0.3) is 11.5 Å². The number of rotatable bonds is 7. The summed E-state index contributed by atoms with van der Waals surface area (Å²) in [6.07, 6.45) is 5.61. The molecule has 152 valence electrons. The van der Waals surface area contributed by atoms with E-state index < -0.39 is 23.1 Å². The average Bonchev–Trinajstić information content (AvgIpc) is 2.70. The number of hydrogen-bond donors (Lipinski definition) is 1. The number of hydrogen-bond acceptors (Lipinski definition) is 3. The molecule has 0 saturated heterocycles. The largest absolute Gasteiger partial charge is 0.376 e. The van der Waals surface area contributed by atoms with Crippen LogP contribution in [0.1, 0.15) is 55.7 Å². The zero-order valence-electron chi connectivity index (χ0n) is 16.2. The lowest BCUT2D eigenvalue weighted by Gasteiger charge is -2.30. The Hall–Kier alpha value is -2.05. The molecule has 1 fully saturated rings. The second kappa shape index (κ2) is 8.97. The fraction of sp³-hybridized carbons (Fsp3) is 0.500. The van der Waals surface area contributed by atoms with Crippen LogP contribution in [-0.4, -0.2) is 23.8 Å². The molecule has 0 spiro atoms. The molecule has 2 aromatic rings. The normalized spacial score (nSPS) is 21.4. The van der Waals surface area contributed by atoms with Crippen LogP contribution in [0.4, 0.5) is 8.78 Å². The maximum absolute atomic E-state index is 13.6. The molecule has 28 heavy (non-hydrogen) atoms. The van der Waals surface area contributed by atoms with Gasteiger partial charge in [-0.1, -0.05) is 30.3 Å². The van der Waals surface area contributed by atoms with Gasteiger partial charge >= 0.3 is 0 Å². The van der Waals surface area contributed by atoms with E-state index >= 15 is 0 Å². The minimum atomic E-state index is -3.18. The maximum atomic E-state index is 13.6. The van der Waals surface area contributed by atoms with E-state index in [-0.39, 0.29) is 19.3 Å². The van der Waals surface area contributed by atoms with Crippen LogP contribution in [0.5, 0.6) is 0 Å². The molecule has 1 aliphatic rings. The predicted molar refractivity (Wildman–Crippen MR) is 106 cm³/mol. The maximum Gasteiger partial charge on any atom is 0.275 e. The van der Waals surface area contributed by atoms with Crippen molar-refractivity contribution in [3.8, 4) is 0 Å². The molecule has 1 heterocycles. The zero-order valence-corrected chi connectivity index (χ0v) is 16.2. The van der Waals surface area contributed by atoms with Gasteiger partial charge in [-0.15, -0.1) is 0 Å².